The quantitative estimate of drug-likeness (QED) is 0.616. The van der Waals surface area contributed by atoms with E-state index in [0.29, 0.717) is 5.92 Å². The highest BCUT2D eigenvalue weighted by molar-refractivity contribution is 5.28. The molecule has 1 atom stereocenters. The summed E-state index contributed by atoms with van der Waals surface area (Å²) in [6, 6.07) is 9.91. The lowest BCUT2D eigenvalue weighted by Gasteiger charge is -2.14. The summed E-state index contributed by atoms with van der Waals surface area (Å²) >= 11 is 0. The topological polar surface area (TPSA) is 68.8 Å². The summed E-state index contributed by atoms with van der Waals surface area (Å²) in [4.78, 5) is 1.63. The maximum Gasteiger partial charge on any atom is 0.101 e. The van der Waals surface area contributed by atoms with Crippen molar-refractivity contribution in [2.75, 3.05) is 0 Å². The lowest BCUT2D eigenvalue weighted by atomic mass is 10.0. The van der Waals surface area contributed by atoms with Crippen LogP contribution in [0.2, 0.25) is 0 Å². The Hall–Kier alpha value is -1.72. The number of nitrogens with zero attached hydrogens (tertiary/aromatic N) is 3. The Kier molecular flexibility index (Phi) is 4.65. The lowest BCUT2D eigenvalue weighted by molar-refractivity contribution is 0.439. The highest BCUT2D eigenvalue weighted by Gasteiger charge is 2.14. The molecule has 2 rings (SSSR count). The van der Waals surface area contributed by atoms with Gasteiger partial charge in [0.05, 0.1) is 17.9 Å². The van der Waals surface area contributed by atoms with Crippen LogP contribution in [0.25, 0.3) is 5.69 Å². The molecule has 0 bridgehead atoms. The fourth-order valence-corrected chi connectivity index (χ4v) is 1.94. The van der Waals surface area contributed by atoms with Gasteiger partial charge in [-0.25, -0.2) is 0 Å². The molecule has 1 heterocycles. The summed E-state index contributed by atoms with van der Waals surface area (Å²) in [5.74, 6) is 6.26. The molecule has 19 heavy (non-hydrogen) atoms. The molecule has 0 radical (unpaired) electrons. The molecule has 1 aromatic heterocycles. The average molecular weight is 259 g/mol. The monoisotopic (exact) mass is 259 g/mol. The van der Waals surface area contributed by atoms with E-state index in [-0.39, 0.29) is 6.04 Å². The molecular weight excluding hydrogens is 238 g/mol. The van der Waals surface area contributed by atoms with E-state index in [1.165, 1.54) is 0 Å². The van der Waals surface area contributed by atoms with Crippen molar-refractivity contribution in [3.63, 3.8) is 0 Å². The van der Waals surface area contributed by atoms with E-state index in [1.54, 1.807) is 11.0 Å². The van der Waals surface area contributed by atoms with Gasteiger partial charge < -0.3 is 0 Å². The smallest absolute Gasteiger partial charge is 0.101 e. The van der Waals surface area contributed by atoms with Crippen LogP contribution >= 0.6 is 0 Å². The molecule has 0 saturated heterocycles. The molecule has 102 valence electrons. The van der Waals surface area contributed by atoms with E-state index in [2.05, 4.69) is 29.5 Å². The summed E-state index contributed by atoms with van der Waals surface area (Å²) in [6.45, 7) is 4.41. The Labute approximate surface area is 113 Å². The van der Waals surface area contributed by atoms with E-state index in [0.717, 1.165) is 24.2 Å². The fourth-order valence-electron chi connectivity index (χ4n) is 1.94. The molecule has 5 heteroatoms. The fraction of sp³-hybridized carbons (Fsp3) is 0.429. The van der Waals surface area contributed by atoms with Gasteiger partial charge in [-0.15, -0.1) is 0 Å². The summed E-state index contributed by atoms with van der Waals surface area (Å²) in [6.07, 6.45) is 3.84. The zero-order chi connectivity index (χ0) is 13.7. The van der Waals surface area contributed by atoms with Gasteiger partial charge in [0.1, 0.15) is 5.69 Å². The van der Waals surface area contributed by atoms with Crippen molar-refractivity contribution in [1.82, 2.24) is 20.4 Å². The Morgan fingerprint density at radius 1 is 1.21 bits per heavy atom. The first-order chi connectivity index (χ1) is 9.20. The van der Waals surface area contributed by atoms with Crippen molar-refractivity contribution >= 4 is 0 Å². The molecule has 0 amide bonds. The SMILES string of the molecule is CC(C)CCC(NN)c1cnn(-c2ccccc2)n1. The Morgan fingerprint density at radius 2 is 1.95 bits per heavy atom. The Balaban J connectivity index is 2.11. The van der Waals surface area contributed by atoms with E-state index in [9.17, 15) is 0 Å². The highest BCUT2D eigenvalue weighted by atomic mass is 15.5. The molecule has 2 aromatic rings. The van der Waals surface area contributed by atoms with Gasteiger partial charge in [0.25, 0.3) is 0 Å². The minimum atomic E-state index is 0.0554. The number of para-hydroxylation sites is 1. The van der Waals surface area contributed by atoms with Crippen molar-refractivity contribution < 1.29 is 0 Å². The lowest BCUT2D eigenvalue weighted by Crippen LogP contribution is -2.28. The summed E-state index contributed by atoms with van der Waals surface area (Å²) < 4.78 is 0. The first kappa shape index (κ1) is 13.7. The van der Waals surface area contributed by atoms with Crippen LogP contribution in [0.3, 0.4) is 0 Å². The van der Waals surface area contributed by atoms with Crippen LogP contribution in [0.15, 0.2) is 36.5 Å². The van der Waals surface area contributed by atoms with Crippen LogP contribution in [0.5, 0.6) is 0 Å². The second-order valence-corrected chi connectivity index (χ2v) is 5.08. The molecule has 0 spiro atoms. The van der Waals surface area contributed by atoms with Gasteiger partial charge in [-0.05, 0) is 30.9 Å². The summed E-state index contributed by atoms with van der Waals surface area (Å²) in [7, 11) is 0. The van der Waals surface area contributed by atoms with Crippen molar-refractivity contribution in [1.29, 1.82) is 0 Å². The van der Waals surface area contributed by atoms with Crippen LogP contribution < -0.4 is 11.3 Å². The van der Waals surface area contributed by atoms with Crippen LogP contribution in [0, 0.1) is 5.92 Å². The molecule has 1 aromatic carbocycles. The maximum absolute atomic E-state index is 5.61. The van der Waals surface area contributed by atoms with Crippen LogP contribution in [-0.4, -0.2) is 15.0 Å². The number of hydrogen-bond acceptors (Lipinski definition) is 4. The minimum absolute atomic E-state index is 0.0554. The second kappa shape index (κ2) is 6.45. The third-order valence-corrected chi connectivity index (χ3v) is 3.09. The van der Waals surface area contributed by atoms with Gasteiger partial charge in [-0.2, -0.15) is 15.0 Å². The van der Waals surface area contributed by atoms with E-state index >= 15 is 0 Å². The van der Waals surface area contributed by atoms with E-state index < -0.39 is 0 Å². The van der Waals surface area contributed by atoms with E-state index in [1.807, 2.05) is 30.3 Å². The predicted molar refractivity (Wildman–Crippen MR) is 75.5 cm³/mol. The van der Waals surface area contributed by atoms with Crippen LogP contribution in [0.1, 0.15) is 38.4 Å². The summed E-state index contributed by atoms with van der Waals surface area (Å²) in [5, 5.41) is 8.79. The standard InChI is InChI=1S/C14H21N5/c1-11(2)8-9-13(17-15)14-10-16-19(18-14)12-6-4-3-5-7-12/h3-7,10-11,13,17H,8-9,15H2,1-2H3. The Morgan fingerprint density at radius 3 is 2.58 bits per heavy atom. The predicted octanol–water partition coefficient (Wildman–Crippen LogP) is 2.21. The van der Waals surface area contributed by atoms with E-state index in [4.69, 9.17) is 5.84 Å². The Bertz CT molecular complexity index is 492. The van der Waals surface area contributed by atoms with Crippen molar-refractivity contribution in [2.45, 2.75) is 32.7 Å². The zero-order valence-electron chi connectivity index (χ0n) is 11.5. The maximum atomic E-state index is 5.61. The first-order valence-electron chi connectivity index (χ1n) is 6.64. The molecule has 0 aliphatic rings. The van der Waals surface area contributed by atoms with Crippen LogP contribution in [0.4, 0.5) is 0 Å². The second-order valence-electron chi connectivity index (χ2n) is 5.08. The number of hydrogen-bond donors (Lipinski definition) is 2. The molecule has 0 saturated carbocycles. The number of nitrogens with one attached hydrogen (secondary N) is 1. The van der Waals surface area contributed by atoms with Gasteiger partial charge in [0, 0.05) is 0 Å². The van der Waals surface area contributed by atoms with Gasteiger partial charge in [-0.3, -0.25) is 11.3 Å². The van der Waals surface area contributed by atoms with Gasteiger partial charge in [-0.1, -0.05) is 32.0 Å². The third-order valence-electron chi connectivity index (χ3n) is 3.09. The average Bonchev–Trinajstić information content (AvgIpc) is 2.90. The van der Waals surface area contributed by atoms with Gasteiger partial charge >= 0.3 is 0 Å². The van der Waals surface area contributed by atoms with Crippen LogP contribution in [-0.2, 0) is 0 Å². The van der Waals surface area contributed by atoms with Crippen molar-refractivity contribution in [3.05, 3.63) is 42.2 Å². The molecule has 0 aliphatic carbocycles. The zero-order valence-corrected chi connectivity index (χ0v) is 11.5. The first-order valence-corrected chi connectivity index (χ1v) is 6.64. The molecule has 0 fully saturated rings. The number of nitrogens with two attached hydrogens (primary N) is 1. The van der Waals surface area contributed by atoms with Crippen molar-refractivity contribution in [2.24, 2.45) is 11.8 Å². The molecule has 0 aliphatic heterocycles. The molecular formula is C14H21N5. The normalized spacial score (nSPS) is 12.8. The van der Waals surface area contributed by atoms with Crippen molar-refractivity contribution in [3.8, 4) is 5.69 Å². The number of benzene rings is 1. The molecule has 1 unspecified atom stereocenters. The molecule has 3 N–H and O–H groups in total. The minimum Gasteiger partial charge on any atom is -0.271 e. The number of aromatic nitrogens is 3. The highest BCUT2D eigenvalue weighted by Crippen LogP contribution is 2.18. The summed E-state index contributed by atoms with van der Waals surface area (Å²) in [5.41, 5.74) is 4.66. The largest absolute Gasteiger partial charge is 0.271 e. The number of rotatable bonds is 6. The van der Waals surface area contributed by atoms with Gasteiger partial charge in [0.15, 0.2) is 0 Å². The number of hydrazine groups is 1. The third kappa shape index (κ3) is 3.62. The van der Waals surface area contributed by atoms with Gasteiger partial charge in [0.2, 0.25) is 0 Å². The molecule has 5 nitrogen and oxygen atoms in total.